The molecule has 0 aliphatic carbocycles. The predicted octanol–water partition coefficient (Wildman–Crippen LogP) is 3.82. The van der Waals surface area contributed by atoms with Crippen molar-refractivity contribution in [3.8, 4) is 0 Å². The fraction of sp³-hybridized carbons (Fsp3) is 0.235. The van der Waals surface area contributed by atoms with Gasteiger partial charge in [-0.3, -0.25) is 4.79 Å². The highest BCUT2D eigenvalue weighted by Crippen LogP contribution is 2.17. The van der Waals surface area contributed by atoms with Gasteiger partial charge in [-0.25, -0.2) is 0 Å². The maximum Gasteiger partial charge on any atom is 0.307 e. The number of benzene rings is 2. The van der Waals surface area contributed by atoms with Gasteiger partial charge >= 0.3 is 5.97 Å². The van der Waals surface area contributed by atoms with Crippen molar-refractivity contribution in [2.75, 3.05) is 0 Å². The summed E-state index contributed by atoms with van der Waals surface area (Å²) in [6.45, 7) is 2.70. The first kappa shape index (κ1) is 15.5. The normalized spacial score (nSPS) is 12.1. The van der Waals surface area contributed by atoms with Crippen LogP contribution >= 0.6 is 11.6 Å². The molecular weight excluding hydrogens is 286 g/mol. The maximum atomic E-state index is 10.9. The molecule has 0 heterocycles. The van der Waals surface area contributed by atoms with E-state index in [4.69, 9.17) is 16.7 Å². The van der Waals surface area contributed by atoms with Crippen molar-refractivity contribution < 1.29 is 9.90 Å². The molecule has 0 unspecified atom stereocenters. The van der Waals surface area contributed by atoms with Gasteiger partial charge in [0.05, 0.1) is 6.42 Å². The van der Waals surface area contributed by atoms with Gasteiger partial charge < -0.3 is 10.4 Å². The van der Waals surface area contributed by atoms with Crippen molar-refractivity contribution in [2.24, 2.45) is 0 Å². The topological polar surface area (TPSA) is 49.3 Å². The molecule has 0 amide bonds. The molecule has 4 heteroatoms. The van der Waals surface area contributed by atoms with Gasteiger partial charge in [-0.15, -0.1) is 0 Å². The van der Waals surface area contributed by atoms with E-state index < -0.39 is 5.97 Å². The Labute approximate surface area is 129 Å². The van der Waals surface area contributed by atoms with Gasteiger partial charge in [0.15, 0.2) is 0 Å². The van der Waals surface area contributed by atoms with E-state index in [1.165, 1.54) is 0 Å². The monoisotopic (exact) mass is 303 g/mol. The average Bonchev–Trinajstić information content (AvgIpc) is 2.46. The Kier molecular flexibility index (Phi) is 5.37. The zero-order chi connectivity index (χ0) is 15.2. The van der Waals surface area contributed by atoms with E-state index in [-0.39, 0.29) is 12.5 Å². The van der Waals surface area contributed by atoms with E-state index in [2.05, 4.69) is 12.2 Å². The second kappa shape index (κ2) is 7.25. The third-order valence-corrected chi connectivity index (χ3v) is 3.68. The third-order valence-electron chi connectivity index (χ3n) is 3.43. The van der Waals surface area contributed by atoms with Crippen LogP contribution in [0, 0.1) is 0 Å². The van der Waals surface area contributed by atoms with Crippen molar-refractivity contribution in [1.29, 1.82) is 0 Å². The minimum atomic E-state index is -0.812. The lowest BCUT2D eigenvalue weighted by atomic mass is 10.0. The van der Waals surface area contributed by atoms with Crippen molar-refractivity contribution in [3.05, 3.63) is 70.2 Å². The second-order valence-corrected chi connectivity index (χ2v) is 5.43. The van der Waals surface area contributed by atoms with Crippen LogP contribution in [-0.4, -0.2) is 11.1 Å². The molecule has 0 saturated heterocycles. The SMILES string of the molecule is C[C@@H](NCc1ccccc1CC(=O)O)c1ccc(Cl)cc1. The summed E-state index contributed by atoms with van der Waals surface area (Å²) in [6.07, 6.45) is 0.0488. The Bertz CT molecular complexity index is 610. The zero-order valence-corrected chi connectivity index (χ0v) is 12.6. The van der Waals surface area contributed by atoms with Gasteiger partial charge in [-0.1, -0.05) is 48.0 Å². The lowest BCUT2D eigenvalue weighted by molar-refractivity contribution is -0.136. The molecule has 1 atom stereocenters. The molecule has 0 saturated carbocycles. The van der Waals surface area contributed by atoms with Crippen LogP contribution in [0.3, 0.4) is 0 Å². The summed E-state index contributed by atoms with van der Waals surface area (Å²) in [4.78, 5) is 10.9. The molecular formula is C17H18ClNO2. The molecule has 0 spiro atoms. The van der Waals surface area contributed by atoms with E-state index in [0.717, 1.165) is 21.7 Å². The standard InChI is InChI=1S/C17H18ClNO2/c1-12(13-6-8-16(18)9-7-13)19-11-15-5-3-2-4-14(15)10-17(20)21/h2-9,12,19H,10-11H2,1H3,(H,20,21)/t12-/m1/s1. The summed E-state index contributed by atoms with van der Waals surface area (Å²) in [5.41, 5.74) is 3.01. The number of rotatable bonds is 6. The zero-order valence-electron chi connectivity index (χ0n) is 11.8. The first-order chi connectivity index (χ1) is 10.1. The maximum absolute atomic E-state index is 10.9. The van der Waals surface area contributed by atoms with Gasteiger partial charge in [-0.2, -0.15) is 0 Å². The summed E-state index contributed by atoms with van der Waals surface area (Å²) in [7, 11) is 0. The lowest BCUT2D eigenvalue weighted by Crippen LogP contribution is -2.19. The van der Waals surface area contributed by atoms with Gasteiger partial charge in [0.1, 0.15) is 0 Å². The number of carboxylic acid groups (broad SMARTS) is 1. The summed E-state index contributed by atoms with van der Waals surface area (Å²) in [6, 6.07) is 15.5. The number of hydrogen-bond donors (Lipinski definition) is 2. The molecule has 0 fully saturated rings. The van der Waals surface area contributed by atoms with Crippen LogP contribution in [0.5, 0.6) is 0 Å². The minimum absolute atomic E-state index is 0.0488. The molecule has 0 aliphatic heterocycles. The van der Waals surface area contributed by atoms with E-state index in [9.17, 15) is 4.79 Å². The van der Waals surface area contributed by atoms with Gasteiger partial charge in [0, 0.05) is 17.6 Å². The van der Waals surface area contributed by atoms with Gasteiger partial charge in [0.25, 0.3) is 0 Å². The Balaban J connectivity index is 2.02. The Morgan fingerprint density at radius 3 is 2.38 bits per heavy atom. The molecule has 0 bridgehead atoms. The molecule has 0 aliphatic rings. The van der Waals surface area contributed by atoms with E-state index in [1.807, 2.05) is 48.5 Å². The number of halogens is 1. The fourth-order valence-electron chi connectivity index (χ4n) is 2.20. The number of hydrogen-bond acceptors (Lipinski definition) is 2. The number of nitrogens with one attached hydrogen (secondary N) is 1. The van der Waals surface area contributed by atoms with E-state index in [1.54, 1.807) is 0 Å². The quantitative estimate of drug-likeness (QED) is 0.853. The molecule has 21 heavy (non-hydrogen) atoms. The van der Waals surface area contributed by atoms with E-state index in [0.29, 0.717) is 6.54 Å². The van der Waals surface area contributed by atoms with Crippen LogP contribution in [-0.2, 0) is 17.8 Å². The predicted molar refractivity (Wildman–Crippen MR) is 84.5 cm³/mol. The third kappa shape index (κ3) is 4.59. The lowest BCUT2D eigenvalue weighted by Gasteiger charge is -2.16. The minimum Gasteiger partial charge on any atom is -0.481 e. The van der Waals surface area contributed by atoms with Crippen molar-refractivity contribution in [3.63, 3.8) is 0 Å². The first-order valence-electron chi connectivity index (χ1n) is 6.83. The smallest absolute Gasteiger partial charge is 0.307 e. The van der Waals surface area contributed by atoms with E-state index >= 15 is 0 Å². The van der Waals surface area contributed by atoms with Crippen molar-refractivity contribution in [1.82, 2.24) is 5.32 Å². The van der Waals surface area contributed by atoms with Crippen molar-refractivity contribution >= 4 is 17.6 Å². The Morgan fingerprint density at radius 1 is 1.14 bits per heavy atom. The van der Waals surface area contributed by atoms with Crippen LogP contribution in [0.4, 0.5) is 0 Å². The highest BCUT2D eigenvalue weighted by atomic mass is 35.5. The molecule has 2 N–H and O–H groups in total. The largest absolute Gasteiger partial charge is 0.481 e. The fourth-order valence-corrected chi connectivity index (χ4v) is 2.32. The van der Waals surface area contributed by atoms with Crippen LogP contribution in [0.25, 0.3) is 0 Å². The highest BCUT2D eigenvalue weighted by Gasteiger charge is 2.09. The number of carboxylic acids is 1. The molecule has 2 rings (SSSR count). The second-order valence-electron chi connectivity index (χ2n) is 4.99. The highest BCUT2D eigenvalue weighted by molar-refractivity contribution is 6.30. The molecule has 0 aromatic heterocycles. The number of carbonyl (C=O) groups is 1. The first-order valence-corrected chi connectivity index (χ1v) is 7.21. The molecule has 0 radical (unpaired) electrons. The number of aliphatic carboxylic acids is 1. The molecule has 3 nitrogen and oxygen atoms in total. The summed E-state index contributed by atoms with van der Waals surface area (Å²) in [5, 5.41) is 13.1. The molecule has 2 aromatic rings. The van der Waals surface area contributed by atoms with Crippen LogP contribution in [0.15, 0.2) is 48.5 Å². The Morgan fingerprint density at radius 2 is 1.76 bits per heavy atom. The van der Waals surface area contributed by atoms with Crippen LogP contribution in [0.1, 0.15) is 29.7 Å². The summed E-state index contributed by atoms with van der Waals surface area (Å²) < 4.78 is 0. The van der Waals surface area contributed by atoms with Gasteiger partial charge in [-0.05, 0) is 35.7 Å². The Hall–Kier alpha value is -1.84. The summed E-state index contributed by atoms with van der Waals surface area (Å²) >= 11 is 5.88. The summed E-state index contributed by atoms with van der Waals surface area (Å²) in [5.74, 6) is -0.812. The van der Waals surface area contributed by atoms with Crippen molar-refractivity contribution in [2.45, 2.75) is 25.9 Å². The van der Waals surface area contributed by atoms with Crippen LogP contribution < -0.4 is 5.32 Å². The van der Waals surface area contributed by atoms with Gasteiger partial charge in [0.2, 0.25) is 0 Å². The molecule has 110 valence electrons. The van der Waals surface area contributed by atoms with Crippen LogP contribution in [0.2, 0.25) is 5.02 Å². The molecule has 2 aromatic carbocycles. The average molecular weight is 304 g/mol.